The van der Waals surface area contributed by atoms with Gasteiger partial charge in [0.15, 0.2) is 0 Å². The first-order valence-electron chi connectivity index (χ1n) is 7.39. The number of benzene rings is 1. The molecule has 0 spiro atoms. The second-order valence-electron chi connectivity index (χ2n) is 5.83. The van der Waals surface area contributed by atoms with Gasteiger partial charge in [-0.1, -0.05) is 22.0 Å². The van der Waals surface area contributed by atoms with Crippen molar-refractivity contribution in [3.63, 3.8) is 0 Å². The van der Waals surface area contributed by atoms with Crippen LogP contribution in [0.25, 0.3) is 0 Å². The Kier molecular flexibility index (Phi) is 4.57. The van der Waals surface area contributed by atoms with Crippen LogP contribution in [-0.4, -0.2) is 25.8 Å². The summed E-state index contributed by atoms with van der Waals surface area (Å²) >= 11 is 3.55. The third kappa shape index (κ3) is 4.04. The maximum Gasteiger partial charge on any atom is 0.0591 e. The highest BCUT2D eigenvalue weighted by Gasteiger charge is 2.21. The van der Waals surface area contributed by atoms with Crippen LogP contribution in [0.4, 0.5) is 0 Å². The van der Waals surface area contributed by atoms with Crippen LogP contribution in [0.3, 0.4) is 0 Å². The molecule has 1 unspecified atom stereocenters. The van der Waals surface area contributed by atoms with Crippen LogP contribution in [0.1, 0.15) is 30.4 Å². The van der Waals surface area contributed by atoms with E-state index in [9.17, 15) is 0 Å². The summed E-state index contributed by atoms with van der Waals surface area (Å²) in [5, 5.41) is 3.63. The number of fused-ring (bicyclic) bond motifs is 1. The number of halogens is 1. The van der Waals surface area contributed by atoms with Crippen molar-refractivity contribution in [1.29, 1.82) is 0 Å². The maximum atomic E-state index is 5.67. The molecule has 1 atom stereocenters. The van der Waals surface area contributed by atoms with Crippen molar-refractivity contribution < 1.29 is 4.74 Å². The van der Waals surface area contributed by atoms with Crippen molar-refractivity contribution in [2.45, 2.75) is 38.1 Å². The second kappa shape index (κ2) is 6.38. The fourth-order valence-electron chi connectivity index (χ4n) is 2.77. The molecule has 1 aromatic carbocycles. The van der Waals surface area contributed by atoms with Gasteiger partial charge in [0.05, 0.1) is 6.61 Å². The molecule has 1 saturated carbocycles. The Balaban J connectivity index is 1.39. The van der Waals surface area contributed by atoms with Crippen LogP contribution < -0.4 is 5.32 Å². The molecule has 2 aliphatic carbocycles. The van der Waals surface area contributed by atoms with Crippen molar-refractivity contribution >= 4 is 15.9 Å². The largest absolute Gasteiger partial charge is 0.380 e. The molecule has 1 aromatic rings. The molecule has 19 heavy (non-hydrogen) atoms. The molecule has 0 heterocycles. The average molecular weight is 324 g/mol. The lowest BCUT2D eigenvalue weighted by molar-refractivity contribution is 0.123. The van der Waals surface area contributed by atoms with E-state index in [-0.39, 0.29) is 0 Å². The van der Waals surface area contributed by atoms with Gasteiger partial charge >= 0.3 is 0 Å². The van der Waals surface area contributed by atoms with Crippen molar-refractivity contribution in [1.82, 2.24) is 5.32 Å². The maximum absolute atomic E-state index is 5.67. The standard InChI is InChI=1S/C16H22BrNO/c17-15-5-3-14-10-16(6-4-13(14)9-15)18-7-8-19-11-12-1-2-12/h3,5,9,12,16,18H,1-2,4,6-8,10-11H2. The summed E-state index contributed by atoms with van der Waals surface area (Å²) in [6.45, 7) is 2.83. The summed E-state index contributed by atoms with van der Waals surface area (Å²) in [5.74, 6) is 0.875. The molecule has 3 rings (SSSR count). The number of aryl methyl sites for hydroxylation is 1. The smallest absolute Gasteiger partial charge is 0.0591 e. The molecule has 1 N–H and O–H groups in total. The van der Waals surface area contributed by atoms with E-state index in [4.69, 9.17) is 4.74 Å². The fourth-order valence-corrected chi connectivity index (χ4v) is 3.18. The Labute approximate surface area is 124 Å². The Morgan fingerprint density at radius 3 is 2.95 bits per heavy atom. The molecule has 0 aliphatic heterocycles. The second-order valence-corrected chi connectivity index (χ2v) is 6.74. The minimum Gasteiger partial charge on any atom is -0.380 e. The first kappa shape index (κ1) is 13.6. The highest BCUT2D eigenvalue weighted by molar-refractivity contribution is 9.10. The molecule has 0 saturated heterocycles. The molecule has 2 aliphatic rings. The monoisotopic (exact) mass is 323 g/mol. The van der Waals surface area contributed by atoms with Gasteiger partial charge in [-0.15, -0.1) is 0 Å². The number of rotatable bonds is 6. The molecule has 0 radical (unpaired) electrons. The summed E-state index contributed by atoms with van der Waals surface area (Å²) in [7, 11) is 0. The van der Waals surface area contributed by atoms with E-state index in [1.54, 1.807) is 0 Å². The van der Waals surface area contributed by atoms with Crippen molar-refractivity contribution in [3.8, 4) is 0 Å². The fraction of sp³-hybridized carbons (Fsp3) is 0.625. The number of hydrogen-bond acceptors (Lipinski definition) is 2. The Morgan fingerprint density at radius 1 is 1.21 bits per heavy atom. The first-order chi connectivity index (χ1) is 9.31. The van der Waals surface area contributed by atoms with Gasteiger partial charge < -0.3 is 10.1 Å². The van der Waals surface area contributed by atoms with Gasteiger partial charge in [0.1, 0.15) is 0 Å². The van der Waals surface area contributed by atoms with Gasteiger partial charge in [0.2, 0.25) is 0 Å². The Bertz CT molecular complexity index is 431. The van der Waals surface area contributed by atoms with Crippen molar-refractivity contribution in [2.24, 2.45) is 5.92 Å². The minimum absolute atomic E-state index is 0.623. The third-order valence-corrected chi connectivity index (χ3v) is 4.62. The lowest BCUT2D eigenvalue weighted by atomic mass is 9.88. The predicted molar refractivity (Wildman–Crippen MR) is 81.5 cm³/mol. The predicted octanol–water partition coefficient (Wildman–Crippen LogP) is 3.32. The van der Waals surface area contributed by atoms with Crippen LogP contribution in [0.2, 0.25) is 0 Å². The number of nitrogens with one attached hydrogen (secondary N) is 1. The molecule has 0 aromatic heterocycles. The van der Waals surface area contributed by atoms with Crippen molar-refractivity contribution in [2.75, 3.05) is 19.8 Å². The van der Waals surface area contributed by atoms with E-state index in [0.717, 1.165) is 32.1 Å². The molecular formula is C16H22BrNO. The molecule has 1 fully saturated rings. The van der Waals surface area contributed by atoms with Crippen LogP contribution in [0.5, 0.6) is 0 Å². The molecule has 104 valence electrons. The lowest BCUT2D eigenvalue weighted by Gasteiger charge is -2.25. The van der Waals surface area contributed by atoms with E-state index >= 15 is 0 Å². The van der Waals surface area contributed by atoms with E-state index in [1.165, 1.54) is 41.3 Å². The molecule has 0 bridgehead atoms. The summed E-state index contributed by atoms with van der Waals surface area (Å²) < 4.78 is 6.87. The van der Waals surface area contributed by atoms with Gasteiger partial charge in [-0.2, -0.15) is 0 Å². The van der Waals surface area contributed by atoms with Crippen LogP contribution in [-0.2, 0) is 17.6 Å². The quantitative estimate of drug-likeness (QED) is 0.811. The number of ether oxygens (including phenoxy) is 1. The van der Waals surface area contributed by atoms with E-state index in [1.807, 2.05) is 0 Å². The van der Waals surface area contributed by atoms with Gasteiger partial charge in [0.25, 0.3) is 0 Å². The molecular weight excluding hydrogens is 302 g/mol. The highest BCUT2D eigenvalue weighted by atomic mass is 79.9. The summed E-state index contributed by atoms with van der Waals surface area (Å²) in [6, 6.07) is 7.30. The van der Waals surface area contributed by atoms with Crippen LogP contribution in [0, 0.1) is 5.92 Å². The zero-order valence-corrected chi connectivity index (χ0v) is 12.9. The number of hydrogen-bond donors (Lipinski definition) is 1. The van der Waals surface area contributed by atoms with E-state index in [0.29, 0.717) is 6.04 Å². The summed E-state index contributed by atoms with van der Waals surface area (Å²) in [4.78, 5) is 0. The zero-order valence-electron chi connectivity index (χ0n) is 11.3. The SMILES string of the molecule is Brc1ccc2c(c1)CCC(NCCOCC1CC1)C2. The van der Waals surface area contributed by atoms with Gasteiger partial charge in [0, 0.05) is 23.7 Å². The molecule has 2 nitrogen and oxygen atoms in total. The lowest BCUT2D eigenvalue weighted by Crippen LogP contribution is -2.36. The average Bonchev–Trinajstić information content (AvgIpc) is 3.22. The molecule has 3 heteroatoms. The highest BCUT2D eigenvalue weighted by Crippen LogP contribution is 2.28. The van der Waals surface area contributed by atoms with E-state index in [2.05, 4.69) is 39.4 Å². The Morgan fingerprint density at radius 2 is 2.11 bits per heavy atom. The van der Waals surface area contributed by atoms with Crippen LogP contribution in [0.15, 0.2) is 22.7 Å². The normalized spacial score (nSPS) is 22.3. The first-order valence-corrected chi connectivity index (χ1v) is 8.19. The molecule has 0 amide bonds. The summed E-state index contributed by atoms with van der Waals surface area (Å²) in [5.41, 5.74) is 3.02. The Hall–Kier alpha value is -0.380. The minimum atomic E-state index is 0.623. The zero-order chi connectivity index (χ0) is 13.1. The third-order valence-electron chi connectivity index (χ3n) is 4.13. The van der Waals surface area contributed by atoms with Crippen LogP contribution >= 0.6 is 15.9 Å². The topological polar surface area (TPSA) is 21.3 Å². The van der Waals surface area contributed by atoms with Gasteiger partial charge in [-0.25, -0.2) is 0 Å². The summed E-state index contributed by atoms with van der Waals surface area (Å²) in [6.07, 6.45) is 6.34. The van der Waals surface area contributed by atoms with Crippen molar-refractivity contribution in [3.05, 3.63) is 33.8 Å². The van der Waals surface area contributed by atoms with Gasteiger partial charge in [-0.3, -0.25) is 0 Å². The van der Waals surface area contributed by atoms with Gasteiger partial charge in [-0.05, 0) is 61.3 Å². The van der Waals surface area contributed by atoms with E-state index < -0.39 is 0 Å².